The molecule has 140 valence electrons. The fourth-order valence-corrected chi connectivity index (χ4v) is 4.35. The van der Waals surface area contributed by atoms with Gasteiger partial charge in [0.2, 0.25) is 0 Å². The molecule has 0 heterocycles. The molecule has 0 saturated heterocycles. The molecule has 4 unspecified atom stereocenters. The Kier molecular flexibility index (Phi) is 10.4. The molecule has 0 rings (SSSR count). The summed E-state index contributed by atoms with van der Waals surface area (Å²) in [7, 11) is -6.39. The van der Waals surface area contributed by atoms with Gasteiger partial charge in [-0.05, 0) is 41.5 Å². The summed E-state index contributed by atoms with van der Waals surface area (Å²) in [4.78, 5) is 0. The molecule has 0 fully saturated rings. The third-order valence-electron chi connectivity index (χ3n) is 2.37. The minimum Gasteiger partial charge on any atom is -0.373 e. The summed E-state index contributed by atoms with van der Waals surface area (Å²) in [6, 6.07) is 0. The van der Waals surface area contributed by atoms with Crippen molar-refractivity contribution in [2.45, 2.75) is 66.0 Å². The van der Waals surface area contributed by atoms with Gasteiger partial charge in [0.05, 0.1) is 37.6 Å². The van der Waals surface area contributed by atoms with Gasteiger partial charge in [0, 0.05) is 13.3 Å². The Morgan fingerprint density at radius 1 is 0.696 bits per heavy atom. The molecule has 0 amide bonds. The van der Waals surface area contributed by atoms with Crippen LogP contribution in [-0.4, -0.2) is 51.0 Å². The van der Waals surface area contributed by atoms with E-state index in [-0.39, 0.29) is 31.5 Å². The molecule has 0 aliphatic carbocycles. The lowest BCUT2D eigenvalue weighted by Gasteiger charge is -2.23. The lowest BCUT2D eigenvalue weighted by atomic mass is 10.4. The van der Waals surface area contributed by atoms with Crippen LogP contribution in [0, 0.1) is 0 Å². The lowest BCUT2D eigenvalue weighted by molar-refractivity contribution is -0.0115. The van der Waals surface area contributed by atoms with Crippen molar-refractivity contribution >= 4 is 15.2 Å². The van der Waals surface area contributed by atoms with E-state index in [2.05, 4.69) is 0 Å². The molecule has 0 aromatic heterocycles. The van der Waals surface area contributed by atoms with E-state index in [1.807, 2.05) is 20.8 Å². The maximum absolute atomic E-state index is 12.3. The van der Waals surface area contributed by atoms with Gasteiger partial charge in [0.25, 0.3) is 0 Å². The minimum absolute atomic E-state index is 0.000262. The van der Waals surface area contributed by atoms with E-state index in [1.54, 1.807) is 20.8 Å². The van der Waals surface area contributed by atoms with Gasteiger partial charge in [-0.25, -0.2) is 0 Å². The zero-order chi connectivity index (χ0) is 18.3. The molecule has 0 aliphatic heterocycles. The first-order valence-corrected chi connectivity index (χ1v) is 11.8. The SMILES string of the molecule is CC(C)OC(C)COP(C)(=O)OC(C)COP(C)(=O)OC(C)C. The van der Waals surface area contributed by atoms with Crippen LogP contribution in [0.1, 0.15) is 41.5 Å². The molecular weight excluding hydrogens is 342 g/mol. The molecule has 0 spiro atoms. The highest BCUT2D eigenvalue weighted by Crippen LogP contribution is 2.48. The van der Waals surface area contributed by atoms with Gasteiger partial charge >= 0.3 is 15.2 Å². The largest absolute Gasteiger partial charge is 0.373 e. The van der Waals surface area contributed by atoms with Crippen molar-refractivity contribution < 1.29 is 32.0 Å². The summed E-state index contributed by atoms with van der Waals surface area (Å²) in [6.07, 6.45) is -0.868. The number of rotatable bonds is 12. The number of ether oxygens (including phenoxy) is 1. The summed E-state index contributed by atoms with van der Waals surface area (Å²) in [5.74, 6) is 0. The van der Waals surface area contributed by atoms with E-state index >= 15 is 0 Å². The van der Waals surface area contributed by atoms with Gasteiger partial charge in [0.15, 0.2) is 0 Å². The van der Waals surface area contributed by atoms with Gasteiger partial charge in [-0.15, -0.1) is 0 Å². The monoisotopic (exact) mass is 374 g/mol. The quantitative estimate of drug-likeness (QED) is 0.471. The standard InChI is InChI=1S/C14H32O7P2/c1-11(2)19-13(5)9-17-23(8,16)21-14(6)10-18-22(7,15)20-12(3)4/h11-14H,9-10H2,1-8H3. The molecule has 0 bridgehead atoms. The smallest absolute Gasteiger partial charge is 0.328 e. The average Bonchev–Trinajstić information content (AvgIpc) is 2.31. The summed E-state index contributed by atoms with van der Waals surface area (Å²) in [5, 5.41) is 0. The second-order valence-electron chi connectivity index (χ2n) is 6.20. The van der Waals surface area contributed by atoms with E-state index in [0.717, 1.165) is 0 Å². The molecule has 0 radical (unpaired) electrons. The first kappa shape index (κ1) is 23.3. The molecule has 4 atom stereocenters. The average molecular weight is 374 g/mol. The summed E-state index contributed by atoms with van der Waals surface area (Å²) >= 11 is 0. The highest BCUT2D eigenvalue weighted by Gasteiger charge is 2.25. The Hall–Kier alpha value is 0.260. The Labute approximate surface area is 140 Å². The second-order valence-corrected chi connectivity index (χ2v) is 10.2. The highest BCUT2D eigenvalue weighted by molar-refractivity contribution is 7.53. The van der Waals surface area contributed by atoms with Crippen molar-refractivity contribution in [1.82, 2.24) is 0 Å². The van der Waals surface area contributed by atoms with E-state index in [4.69, 9.17) is 22.8 Å². The zero-order valence-electron chi connectivity index (χ0n) is 15.5. The van der Waals surface area contributed by atoms with Crippen LogP contribution in [0.4, 0.5) is 0 Å². The van der Waals surface area contributed by atoms with Crippen LogP contribution in [0.25, 0.3) is 0 Å². The molecule has 0 saturated carbocycles. The van der Waals surface area contributed by atoms with Gasteiger partial charge in [0.1, 0.15) is 0 Å². The van der Waals surface area contributed by atoms with Crippen molar-refractivity contribution in [2.75, 3.05) is 26.5 Å². The number of hydrogen-bond donors (Lipinski definition) is 0. The van der Waals surface area contributed by atoms with Gasteiger partial charge < -0.3 is 22.8 Å². The van der Waals surface area contributed by atoms with Crippen LogP contribution in [0.3, 0.4) is 0 Å². The van der Waals surface area contributed by atoms with Crippen molar-refractivity contribution in [2.24, 2.45) is 0 Å². The lowest BCUT2D eigenvalue weighted by Crippen LogP contribution is -2.21. The van der Waals surface area contributed by atoms with E-state index in [1.165, 1.54) is 13.3 Å². The molecule has 9 heteroatoms. The van der Waals surface area contributed by atoms with Crippen molar-refractivity contribution in [3.05, 3.63) is 0 Å². The predicted octanol–water partition coefficient (Wildman–Crippen LogP) is 4.31. The van der Waals surface area contributed by atoms with E-state index in [0.29, 0.717) is 0 Å². The summed E-state index contributed by atoms with van der Waals surface area (Å²) in [5.41, 5.74) is 0. The van der Waals surface area contributed by atoms with Crippen LogP contribution in [0.15, 0.2) is 0 Å². The third-order valence-corrected chi connectivity index (χ3v) is 5.15. The van der Waals surface area contributed by atoms with Gasteiger partial charge in [-0.2, -0.15) is 0 Å². The van der Waals surface area contributed by atoms with Gasteiger partial charge in [-0.3, -0.25) is 9.13 Å². The predicted molar refractivity (Wildman–Crippen MR) is 91.4 cm³/mol. The topological polar surface area (TPSA) is 80.3 Å². The van der Waals surface area contributed by atoms with Crippen LogP contribution >= 0.6 is 15.2 Å². The Morgan fingerprint density at radius 2 is 1.13 bits per heavy atom. The Balaban J connectivity index is 4.23. The second kappa shape index (κ2) is 10.3. The van der Waals surface area contributed by atoms with Crippen LogP contribution < -0.4 is 0 Å². The molecular formula is C14H32O7P2. The minimum atomic E-state index is -3.25. The molecule has 0 aromatic carbocycles. The third kappa shape index (κ3) is 13.2. The Morgan fingerprint density at radius 3 is 1.57 bits per heavy atom. The summed E-state index contributed by atoms with van der Waals surface area (Å²) in [6.45, 7) is 13.8. The molecule has 23 heavy (non-hydrogen) atoms. The highest BCUT2D eigenvalue weighted by atomic mass is 31.2. The molecule has 0 aromatic rings. The van der Waals surface area contributed by atoms with Crippen molar-refractivity contribution in [1.29, 1.82) is 0 Å². The molecule has 0 N–H and O–H groups in total. The van der Waals surface area contributed by atoms with Gasteiger partial charge in [-0.1, -0.05) is 0 Å². The van der Waals surface area contributed by atoms with Crippen LogP contribution in [-0.2, 0) is 32.0 Å². The summed E-state index contributed by atoms with van der Waals surface area (Å²) < 4.78 is 50.9. The molecule has 0 aliphatic rings. The fraction of sp³-hybridized carbons (Fsp3) is 1.00. The zero-order valence-corrected chi connectivity index (χ0v) is 17.3. The maximum Gasteiger partial charge on any atom is 0.328 e. The van der Waals surface area contributed by atoms with E-state index < -0.39 is 21.3 Å². The normalized spacial score (nSPS) is 20.3. The van der Waals surface area contributed by atoms with Crippen LogP contribution in [0.5, 0.6) is 0 Å². The van der Waals surface area contributed by atoms with E-state index in [9.17, 15) is 9.13 Å². The molecule has 7 nitrogen and oxygen atoms in total. The van der Waals surface area contributed by atoms with Crippen molar-refractivity contribution in [3.8, 4) is 0 Å². The fourth-order valence-electron chi connectivity index (χ4n) is 1.79. The Bertz CT molecular complexity index is 425. The maximum atomic E-state index is 12.3. The number of hydrogen-bond acceptors (Lipinski definition) is 7. The van der Waals surface area contributed by atoms with Crippen molar-refractivity contribution in [3.63, 3.8) is 0 Å². The first-order chi connectivity index (χ1) is 10.3. The first-order valence-electron chi connectivity index (χ1n) is 7.79. The van der Waals surface area contributed by atoms with Crippen LogP contribution in [0.2, 0.25) is 0 Å².